The molecule has 1 fully saturated rings. The fourth-order valence-electron chi connectivity index (χ4n) is 2.34. The summed E-state index contributed by atoms with van der Waals surface area (Å²) >= 11 is 0. The molecule has 0 unspecified atom stereocenters. The predicted molar refractivity (Wildman–Crippen MR) is 70.5 cm³/mol. The summed E-state index contributed by atoms with van der Waals surface area (Å²) in [6, 6.07) is 6.08. The number of carboxylic acid groups (broad SMARTS) is 1. The Morgan fingerprint density at radius 1 is 1.35 bits per heavy atom. The minimum atomic E-state index is -1.08. The lowest BCUT2D eigenvalue weighted by Crippen LogP contribution is -2.41. The van der Waals surface area contributed by atoms with Crippen LogP contribution in [0, 0.1) is 0 Å². The molecule has 1 aromatic rings. The number of amides is 1. The first kappa shape index (κ1) is 14.3. The topological polar surface area (TPSA) is 87.1 Å². The molecule has 0 aromatic heterocycles. The van der Waals surface area contributed by atoms with E-state index in [4.69, 9.17) is 9.84 Å². The van der Waals surface area contributed by atoms with Crippen LogP contribution in [-0.2, 0) is 16.0 Å². The second-order valence-corrected chi connectivity index (χ2v) is 4.81. The summed E-state index contributed by atoms with van der Waals surface area (Å²) in [5.74, 6) is -0.676. The van der Waals surface area contributed by atoms with Crippen molar-refractivity contribution in [2.24, 2.45) is 0 Å². The molecule has 2 N–H and O–H groups in total. The number of hydrogen-bond acceptors (Lipinski definition) is 4. The van der Waals surface area contributed by atoms with Crippen LogP contribution in [0.25, 0.3) is 0 Å². The van der Waals surface area contributed by atoms with E-state index in [0.717, 1.165) is 5.56 Å². The number of aliphatic hydroxyl groups excluding tert-OH is 1. The van der Waals surface area contributed by atoms with Crippen molar-refractivity contribution in [1.29, 1.82) is 0 Å². The third-order valence-corrected chi connectivity index (χ3v) is 3.40. The number of benzene rings is 1. The van der Waals surface area contributed by atoms with Crippen LogP contribution in [0.15, 0.2) is 24.3 Å². The molecule has 0 aliphatic carbocycles. The number of nitrogens with zero attached hydrogens (tertiary/aromatic N) is 1. The monoisotopic (exact) mass is 279 g/mol. The van der Waals surface area contributed by atoms with Crippen LogP contribution in [0.3, 0.4) is 0 Å². The van der Waals surface area contributed by atoms with Crippen molar-refractivity contribution >= 4 is 11.9 Å². The van der Waals surface area contributed by atoms with E-state index in [1.54, 1.807) is 31.4 Å². The number of methoxy groups -OCH3 is 1. The number of carboxylic acids is 1. The second-order valence-electron chi connectivity index (χ2n) is 4.81. The molecular weight excluding hydrogens is 262 g/mol. The summed E-state index contributed by atoms with van der Waals surface area (Å²) < 4.78 is 5.03. The lowest BCUT2D eigenvalue weighted by Gasteiger charge is -2.21. The van der Waals surface area contributed by atoms with Crippen molar-refractivity contribution < 1.29 is 24.5 Å². The van der Waals surface area contributed by atoms with Crippen LogP contribution in [0.1, 0.15) is 12.0 Å². The molecule has 1 aliphatic rings. The number of carbonyl (C=O) groups is 2. The molecule has 1 amide bonds. The number of likely N-dealkylation sites (tertiary alicyclic amines) is 1. The van der Waals surface area contributed by atoms with Gasteiger partial charge in [-0.05, 0) is 17.7 Å². The molecule has 1 aromatic carbocycles. The quantitative estimate of drug-likeness (QED) is 0.827. The van der Waals surface area contributed by atoms with E-state index in [1.807, 2.05) is 0 Å². The van der Waals surface area contributed by atoms with Gasteiger partial charge < -0.3 is 19.8 Å². The summed E-state index contributed by atoms with van der Waals surface area (Å²) in [5, 5.41) is 18.6. The lowest BCUT2D eigenvalue weighted by atomic mass is 10.1. The highest BCUT2D eigenvalue weighted by molar-refractivity contribution is 5.85. The molecule has 0 bridgehead atoms. The van der Waals surface area contributed by atoms with Gasteiger partial charge >= 0.3 is 5.97 Å². The summed E-state index contributed by atoms with van der Waals surface area (Å²) in [4.78, 5) is 24.5. The van der Waals surface area contributed by atoms with Crippen molar-refractivity contribution in [3.8, 4) is 5.75 Å². The van der Waals surface area contributed by atoms with E-state index >= 15 is 0 Å². The van der Waals surface area contributed by atoms with Crippen LogP contribution >= 0.6 is 0 Å². The third kappa shape index (κ3) is 3.08. The highest BCUT2D eigenvalue weighted by Gasteiger charge is 2.38. The smallest absolute Gasteiger partial charge is 0.326 e. The zero-order valence-electron chi connectivity index (χ0n) is 11.2. The average molecular weight is 279 g/mol. The number of aliphatic hydroxyl groups is 1. The Hall–Kier alpha value is -2.08. The normalized spacial score (nSPS) is 21.8. The van der Waals surface area contributed by atoms with E-state index in [9.17, 15) is 14.7 Å². The van der Waals surface area contributed by atoms with Crippen LogP contribution in [0.4, 0.5) is 0 Å². The van der Waals surface area contributed by atoms with Gasteiger partial charge in [0.05, 0.1) is 19.6 Å². The minimum Gasteiger partial charge on any atom is -0.497 e. The van der Waals surface area contributed by atoms with Gasteiger partial charge in [-0.1, -0.05) is 12.1 Å². The van der Waals surface area contributed by atoms with Crippen LogP contribution in [0.5, 0.6) is 5.75 Å². The average Bonchev–Trinajstić information content (AvgIpc) is 2.82. The van der Waals surface area contributed by atoms with E-state index in [1.165, 1.54) is 4.90 Å². The number of aliphatic carboxylic acids is 1. The Morgan fingerprint density at radius 2 is 2.00 bits per heavy atom. The molecule has 108 valence electrons. The number of β-amino-alcohol motifs (C(OH)–C–C–N with tert-alkyl or cyclic N) is 1. The fourth-order valence-corrected chi connectivity index (χ4v) is 2.34. The van der Waals surface area contributed by atoms with Crippen molar-refractivity contribution in [3.05, 3.63) is 29.8 Å². The SMILES string of the molecule is COc1ccc(CC(=O)N2C[C@H](O)C[C@H]2C(=O)O)cc1. The molecule has 0 saturated carbocycles. The van der Waals surface area contributed by atoms with Gasteiger partial charge in [0.2, 0.25) is 5.91 Å². The van der Waals surface area contributed by atoms with Gasteiger partial charge in [-0.2, -0.15) is 0 Å². The zero-order valence-corrected chi connectivity index (χ0v) is 11.2. The highest BCUT2D eigenvalue weighted by atomic mass is 16.5. The highest BCUT2D eigenvalue weighted by Crippen LogP contribution is 2.20. The van der Waals surface area contributed by atoms with Crippen molar-refractivity contribution in [3.63, 3.8) is 0 Å². The Bertz CT molecular complexity index is 499. The Labute approximate surface area is 116 Å². The number of rotatable bonds is 4. The Morgan fingerprint density at radius 3 is 2.55 bits per heavy atom. The number of carbonyl (C=O) groups excluding carboxylic acids is 1. The number of ether oxygens (including phenoxy) is 1. The largest absolute Gasteiger partial charge is 0.497 e. The van der Waals surface area contributed by atoms with Gasteiger partial charge in [0.15, 0.2) is 0 Å². The molecule has 1 heterocycles. The Kier molecular flexibility index (Phi) is 4.24. The van der Waals surface area contributed by atoms with Gasteiger partial charge in [0.1, 0.15) is 11.8 Å². The molecule has 6 heteroatoms. The van der Waals surface area contributed by atoms with Crippen molar-refractivity contribution in [2.75, 3.05) is 13.7 Å². The summed E-state index contributed by atoms with van der Waals surface area (Å²) in [5.41, 5.74) is 0.779. The molecule has 0 radical (unpaired) electrons. The summed E-state index contributed by atoms with van der Waals surface area (Å²) in [7, 11) is 1.56. The van der Waals surface area contributed by atoms with Crippen LogP contribution in [0.2, 0.25) is 0 Å². The van der Waals surface area contributed by atoms with Gasteiger partial charge in [0, 0.05) is 13.0 Å². The van der Waals surface area contributed by atoms with Crippen molar-refractivity contribution in [2.45, 2.75) is 25.0 Å². The first-order valence-electron chi connectivity index (χ1n) is 6.34. The first-order chi connectivity index (χ1) is 9.51. The summed E-state index contributed by atoms with van der Waals surface area (Å²) in [6.07, 6.45) is -0.569. The second kappa shape index (κ2) is 5.92. The molecular formula is C14H17NO5. The van der Waals surface area contributed by atoms with Gasteiger partial charge in [0.25, 0.3) is 0 Å². The zero-order chi connectivity index (χ0) is 14.7. The molecule has 1 saturated heterocycles. The molecule has 0 spiro atoms. The van der Waals surface area contributed by atoms with Crippen LogP contribution in [-0.4, -0.2) is 52.8 Å². The van der Waals surface area contributed by atoms with E-state index < -0.39 is 18.1 Å². The molecule has 2 rings (SSSR count). The fraction of sp³-hybridized carbons (Fsp3) is 0.429. The van der Waals surface area contributed by atoms with Gasteiger partial charge in [-0.3, -0.25) is 4.79 Å². The standard InChI is InChI=1S/C14H17NO5/c1-20-11-4-2-9(3-5-11)6-13(17)15-8-10(16)7-12(15)14(18)19/h2-5,10,12,16H,6-8H2,1H3,(H,18,19)/t10-,12+/m1/s1. The minimum absolute atomic E-state index is 0.0754. The van der Waals surface area contributed by atoms with Crippen LogP contribution < -0.4 is 4.74 Å². The maximum Gasteiger partial charge on any atom is 0.326 e. The molecule has 1 aliphatic heterocycles. The van der Waals surface area contributed by atoms with Gasteiger partial charge in [-0.15, -0.1) is 0 Å². The summed E-state index contributed by atoms with van der Waals surface area (Å²) in [6.45, 7) is 0.0754. The lowest BCUT2D eigenvalue weighted by molar-refractivity contribution is -0.148. The van der Waals surface area contributed by atoms with Gasteiger partial charge in [-0.25, -0.2) is 4.79 Å². The van der Waals surface area contributed by atoms with E-state index in [-0.39, 0.29) is 25.3 Å². The predicted octanol–water partition coefficient (Wildman–Crippen LogP) is 0.284. The number of hydrogen-bond donors (Lipinski definition) is 2. The Balaban J connectivity index is 2.04. The van der Waals surface area contributed by atoms with Crippen molar-refractivity contribution in [1.82, 2.24) is 4.90 Å². The molecule has 2 atom stereocenters. The molecule has 6 nitrogen and oxygen atoms in total. The van der Waals surface area contributed by atoms with E-state index in [0.29, 0.717) is 5.75 Å². The third-order valence-electron chi connectivity index (χ3n) is 3.40. The maximum absolute atomic E-state index is 12.1. The van der Waals surface area contributed by atoms with E-state index in [2.05, 4.69) is 0 Å². The first-order valence-corrected chi connectivity index (χ1v) is 6.34. The maximum atomic E-state index is 12.1. The molecule has 20 heavy (non-hydrogen) atoms.